The monoisotopic (exact) mass is 328 g/mol. The number of hydrogen-bond acceptors (Lipinski definition) is 4. The second-order valence-corrected chi connectivity index (χ2v) is 6.49. The van der Waals surface area contributed by atoms with Gasteiger partial charge in [-0.15, -0.1) is 0 Å². The molecule has 3 aromatic carbocycles. The van der Waals surface area contributed by atoms with Crippen molar-refractivity contribution in [3.05, 3.63) is 60.7 Å². The maximum Gasteiger partial charge on any atom is 0.493 e. The molecule has 0 aliphatic carbocycles. The molecule has 0 bridgehead atoms. The normalized spacial score (nSPS) is 16.5. The van der Waals surface area contributed by atoms with Gasteiger partial charge in [-0.2, -0.15) is 0 Å². The van der Waals surface area contributed by atoms with Crippen LogP contribution >= 0.6 is 0 Å². The van der Waals surface area contributed by atoms with Crippen LogP contribution in [-0.2, 0) is 9.31 Å². The van der Waals surface area contributed by atoms with Crippen LogP contribution in [0.5, 0.6) is 0 Å². The quantitative estimate of drug-likeness (QED) is 0.708. The first kappa shape index (κ1) is 14.9. The highest BCUT2D eigenvalue weighted by Gasteiger charge is 2.33. The summed E-state index contributed by atoms with van der Waals surface area (Å²) in [5.74, 6) is 0. The molecule has 0 amide bonds. The third-order valence-corrected chi connectivity index (χ3v) is 4.89. The fourth-order valence-electron chi connectivity index (χ4n) is 3.74. The van der Waals surface area contributed by atoms with Crippen LogP contribution in [0.15, 0.2) is 60.7 Å². The zero-order chi connectivity index (χ0) is 16.6. The fraction of sp³-hybridized carbons (Fsp3) is 0.158. The summed E-state index contributed by atoms with van der Waals surface area (Å²) >= 11 is 0. The van der Waals surface area contributed by atoms with Gasteiger partial charge in [-0.25, -0.2) is 0 Å². The molecule has 25 heavy (non-hydrogen) atoms. The Morgan fingerprint density at radius 3 is 2.04 bits per heavy atom. The van der Waals surface area contributed by atoms with Crippen molar-refractivity contribution in [2.75, 3.05) is 23.7 Å². The molecule has 0 atom stereocenters. The minimum absolute atomic E-state index is 0.0224. The Kier molecular flexibility index (Phi) is 3.65. The van der Waals surface area contributed by atoms with Crippen molar-refractivity contribution in [1.29, 1.82) is 0 Å². The minimum Gasteiger partial charge on any atom is -0.407 e. The Bertz CT molecular complexity index is 887. The van der Waals surface area contributed by atoms with E-state index in [1.165, 1.54) is 10.8 Å². The van der Waals surface area contributed by atoms with E-state index in [4.69, 9.17) is 9.31 Å². The van der Waals surface area contributed by atoms with Gasteiger partial charge in [0, 0.05) is 30.0 Å². The lowest BCUT2D eigenvalue weighted by Crippen LogP contribution is -2.59. The van der Waals surface area contributed by atoms with Crippen molar-refractivity contribution in [3.8, 4) is 0 Å². The molecule has 0 spiro atoms. The van der Waals surface area contributed by atoms with Crippen LogP contribution in [-0.4, -0.2) is 27.3 Å². The van der Waals surface area contributed by atoms with Crippen LogP contribution < -0.4 is 21.4 Å². The van der Waals surface area contributed by atoms with Crippen LogP contribution in [0.4, 0.5) is 11.4 Å². The second kappa shape index (κ2) is 6.13. The summed E-state index contributed by atoms with van der Waals surface area (Å²) in [6.45, 7) is 1.46. The average molecular weight is 328 g/mol. The molecule has 2 heterocycles. The molecule has 0 aromatic heterocycles. The maximum atomic E-state index is 5.84. The summed E-state index contributed by atoms with van der Waals surface area (Å²) in [5.41, 5.74) is 4.54. The van der Waals surface area contributed by atoms with Crippen molar-refractivity contribution >= 4 is 47.2 Å². The number of rotatable bonds is 2. The van der Waals surface area contributed by atoms with E-state index in [0.29, 0.717) is 0 Å². The third kappa shape index (κ3) is 2.58. The van der Waals surface area contributed by atoms with Gasteiger partial charge >= 0.3 is 14.1 Å². The second-order valence-electron chi connectivity index (χ2n) is 6.49. The Hall–Kier alpha value is -2.43. The van der Waals surface area contributed by atoms with Crippen molar-refractivity contribution in [2.45, 2.75) is 6.42 Å². The van der Waals surface area contributed by atoms with Gasteiger partial charge in [-0.1, -0.05) is 48.5 Å². The van der Waals surface area contributed by atoms with Crippen molar-refractivity contribution in [3.63, 3.8) is 0 Å². The highest BCUT2D eigenvalue weighted by molar-refractivity contribution is 6.85. The predicted molar refractivity (Wildman–Crippen MR) is 105 cm³/mol. The van der Waals surface area contributed by atoms with E-state index in [1.807, 2.05) is 6.07 Å². The summed E-state index contributed by atoms with van der Waals surface area (Å²) in [5, 5.41) is 9.75. The lowest BCUT2D eigenvalue weighted by Gasteiger charge is -2.29. The Morgan fingerprint density at radius 1 is 0.720 bits per heavy atom. The lowest BCUT2D eigenvalue weighted by molar-refractivity contribution is 0.143. The molecule has 2 aliphatic heterocycles. The molecule has 0 radical (unpaired) electrons. The molecule has 1 fully saturated rings. The van der Waals surface area contributed by atoms with Crippen LogP contribution in [0.2, 0.25) is 0 Å². The topological polar surface area (TPSA) is 42.5 Å². The SMILES string of the molecule is c1ccc(B2OCCCO2)c(B2Nc3cccc4cccc(c34)N2)c1. The Balaban J connectivity index is 1.55. The van der Waals surface area contributed by atoms with Gasteiger partial charge in [0.2, 0.25) is 0 Å². The molecule has 3 aromatic rings. The molecule has 122 valence electrons. The molecule has 2 N–H and O–H groups in total. The van der Waals surface area contributed by atoms with Gasteiger partial charge in [0.05, 0.1) is 0 Å². The first-order valence-electron chi connectivity index (χ1n) is 8.77. The zero-order valence-electron chi connectivity index (χ0n) is 13.9. The van der Waals surface area contributed by atoms with Gasteiger partial charge in [0.1, 0.15) is 0 Å². The third-order valence-electron chi connectivity index (χ3n) is 4.89. The van der Waals surface area contributed by atoms with Crippen molar-refractivity contribution < 1.29 is 9.31 Å². The lowest BCUT2D eigenvalue weighted by atomic mass is 9.58. The van der Waals surface area contributed by atoms with E-state index in [1.54, 1.807) is 0 Å². The molecular weight excluding hydrogens is 310 g/mol. The number of benzene rings is 3. The smallest absolute Gasteiger partial charge is 0.407 e. The van der Waals surface area contributed by atoms with E-state index in [0.717, 1.165) is 41.9 Å². The number of hydrogen-bond donors (Lipinski definition) is 2. The van der Waals surface area contributed by atoms with E-state index < -0.39 is 0 Å². The molecule has 0 unspecified atom stereocenters. The fourth-order valence-corrected chi connectivity index (χ4v) is 3.74. The van der Waals surface area contributed by atoms with Gasteiger partial charge in [-0.05, 0) is 34.9 Å². The highest BCUT2D eigenvalue weighted by atomic mass is 16.6. The maximum absolute atomic E-state index is 5.84. The van der Waals surface area contributed by atoms with Crippen LogP contribution in [0.3, 0.4) is 0 Å². The molecule has 0 saturated carbocycles. The Labute approximate surface area is 147 Å². The summed E-state index contributed by atoms with van der Waals surface area (Å²) in [4.78, 5) is 0. The van der Waals surface area contributed by atoms with E-state index in [9.17, 15) is 0 Å². The summed E-state index contributed by atoms with van der Waals surface area (Å²) in [6, 6.07) is 21.1. The largest absolute Gasteiger partial charge is 0.493 e. The van der Waals surface area contributed by atoms with Crippen molar-refractivity contribution in [2.24, 2.45) is 0 Å². The van der Waals surface area contributed by atoms with Gasteiger partial charge in [-0.3, -0.25) is 0 Å². The number of anilines is 2. The summed E-state index contributed by atoms with van der Waals surface area (Å²) < 4.78 is 11.7. The van der Waals surface area contributed by atoms with Crippen LogP contribution in [0.1, 0.15) is 6.42 Å². The van der Waals surface area contributed by atoms with E-state index in [-0.39, 0.29) is 14.1 Å². The van der Waals surface area contributed by atoms with Crippen LogP contribution in [0.25, 0.3) is 10.8 Å². The van der Waals surface area contributed by atoms with Crippen molar-refractivity contribution in [1.82, 2.24) is 0 Å². The van der Waals surface area contributed by atoms with Crippen LogP contribution in [0, 0.1) is 0 Å². The first-order chi connectivity index (χ1) is 12.4. The van der Waals surface area contributed by atoms with E-state index >= 15 is 0 Å². The highest BCUT2D eigenvalue weighted by Crippen LogP contribution is 2.33. The van der Waals surface area contributed by atoms with Gasteiger partial charge in [0.15, 0.2) is 0 Å². The molecule has 4 nitrogen and oxygen atoms in total. The summed E-state index contributed by atoms with van der Waals surface area (Å²) in [6.07, 6.45) is 0.952. The minimum atomic E-state index is -0.290. The Morgan fingerprint density at radius 2 is 1.36 bits per heavy atom. The first-order valence-corrected chi connectivity index (χ1v) is 8.77. The predicted octanol–water partition coefficient (Wildman–Crippen LogP) is 2.20. The molecule has 1 saturated heterocycles. The molecule has 6 heteroatoms. The number of nitrogens with one attached hydrogen (secondary N) is 2. The molecular formula is C19H18B2N2O2. The zero-order valence-corrected chi connectivity index (χ0v) is 13.9. The van der Waals surface area contributed by atoms with Gasteiger partial charge in [0.25, 0.3) is 0 Å². The molecule has 5 rings (SSSR count). The molecule has 2 aliphatic rings. The average Bonchev–Trinajstić information content (AvgIpc) is 2.69. The standard InChI is InChI=1S/C19H18B2N2O2/c1-2-9-16(21-24-12-5-13-25-21)15(8-1)20-22-17-10-3-6-14-7-4-11-18(23-20)19(14)17/h1-4,6-11,22-23H,5,12-13H2. The summed E-state index contributed by atoms with van der Waals surface area (Å²) in [7, 11) is -0.290. The van der Waals surface area contributed by atoms with Gasteiger partial charge < -0.3 is 19.8 Å². The van der Waals surface area contributed by atoms with E-state index in [2.05, 4.69) is 65.1 Å².